The first kappa shape index (κ1) is 27.5. The second kappa shape index (κ2) is 12.5. The quantitative estimate of drug-likeness (QED) is 0.467. The molecule has 1 aliphatic rings. The van der Waals surface area contributed by atoms with Gasteiger partial charge in [-0.15, -0.1) is 0 Å². The van der Waals surface area contributed by atoms with E-state index in [4.69, 9.17) is 23.2 Å². The van der Waals surface area contributed by atoms with Gasteiger partial charge in [0.25, 0.3) is 0 Å². The van der Waals surface area contributed by atoms with Crippen LogP contribution in [0, 0.1) is 6.92 Å². The maximum atomic E-state index is 13.7. The fourth-order valence-corrected chi connectivity index (χ4v) is 3.97. The molecule has 3 rings (SSSR count). The highest BCUT2D eigenvalue weighted by molar-refractivity contribution is 6.42. The Morgan fingerprint density at radius 3 is 2.26 bits per heavy atom. The van der Waals surface area contributed by atoms with E-state index in [1.807, 2.05) is 52.9 Å². The molecule has 2 aromatic carbocycles. The number of benzene rings is 2. The van der Waals surface area contributed by atoms with Gasteiger partial charge in [0.05, 0.1) is 16.0 Å². The average molecular weight is 474 g/mol. The molecule has 0 aromatic heterocycles. The van der Waals surface area contributed by atoms with Crippen LogP contribution in [-0.2, 0) is 6.42 Å². The van der Waals surface area contributed by atoms with Gasteiger partial charge in [-0.25, -0.2) is 0 Å². The van der Waals surface area contributed by atoms with E-state index < -0.39 is 12.1 Å². The van der Waals surface area contributed by atoms with Crippen molar-refractivity contribution in [3.8, 4) is 0 Å². The fraction of sp³-hybridized carbons (Fsp3) is 0.440. The summed E-state index contributed by atoms with van der Waals surface area (Å²) in [6.07, 6.45) is 0.228. The molecule has 1 nitrogen and oxygen atoms in total. The predicted octanol–water partition coefficient (Wildman–Crippen LogP) is 8.92. The zero-order valence-corrected chi connectivity index (χ0v) is 20.5. The highest BCUT2D eigenvalue weighted by atomic mass is 35.5. The second-order valence-electron chi connectivity index (χ2n) is 6.85. The van der Waals surface area contributed by atoms with Gasteiger partial charge in [0.15, 0.2) is 0 Å². The lowest BCUT2D eigenvalue weighted by Crippen LogP contribution is -2.19. The van der Waals surface area contributed by atoms with Crippen molar-refractivity contribution < 1.29 is 13.2 Å². The molecule has 0 amide bonds. The van der Waals surface area contributed by atoms with E-state index in [0.29, 0.717) is 11.6 Å². The van der Waals surface area contributed by atoms with Crippen molar-refractivity contribution in [3.05, 3.63) is 74.3 Å². The summed E-state index contributed by atoms with van der Waals surface area (Å²) < 4.78 is 41.0. The molecule has 0 fully saturated rings. The molecule has 1 aliphatic carbocycles. The number of aryl methyl sites for hydroxylation is 2. The molecule has 2 atom stereocenters. The van der Waals surface area contributed by atoms with Crippen LogP contribution in [0.3, 0.4) is 0 Å². The average Bonchev–Trinajstić information content (AvgIpc) is 3.16. The van der Waals surface area contributed by atoms with Gasteiger partial charge in [-0.3, -0.25) is 0 Å². The number of fused-ring (bicyclic) bond motifs is 1. The third-order valence-corrected chi connectivity index (χ3v) is 5.92. The lowest BCUT2D eigenvalue weighted by atomic mass is 9.95. The lowest BCUT2D eigenvalue weighted by Gasteiger charge is -2.19. The van der Waals surface area contributed by atoms with Crippen LogP contribution in [0.15, 0.2) is 36.4 Å². The van der Waals surface area contributed by atoms with Crippen LogP contribution >= 0.6 is 23.2 Å². The van der Waals surface area contributed by atoms with E-state index in [1.165, 1.54) is 35.4 Å². The molecular formula is C25H32Cl2F3N. The number of allylic oxidation sites excluding steroid dienone is 1. The van der Waals surface area contributed by atoms with Gasteiger partial charge in [-0.05, 0) is 60.7 Å². The highest BCUT2D eigenvalue weighted by Gasteiger charge is 2.39. The van der Waals surface area contributed by atoms with Crippen LogP contribution in [0.2, 0.25) is 10.0 Å². The first-order valence-corrected chi connectivity index (χ1v) is 11.5. The summed E-state index contributed by atoms with van der Waals surface area (Å²) in [6.45, 7) is 9.65. The van der Waals surface area contributed by atoms with Crippen molar-refractivity contribution in [2.24, 2.45) is 0 Å². The van der Waals surface area contributed by atoms with Crippen molar-refractivity contribution in [3.63, 3.8) is 0 Å². The SMILES string of the molecule is CC.CC.CNC1CCc2cc(/C=C/C(c3cc(C)c(Cl)c(Cl)c3)C(F)(F)F)ccc21. The summed E-state index contributed by atoms with van der Waals surface area (Å²) in [4.78, 5) is 0. The zero-order chi connectivity index (χ0) is 23.8. The maximum Gasteiger partial charge on any atom is 0.399 e. The van der Waals surface area contributed by atoms with Gasteiger partial charge >= 0.3 is 6.18 Å². The molecule has 2 aromatic rings. The summed E-state index contributed by atoms with van der Waals surface area (Å²) in [6, 6.07) is 8.88. The van der Waals surface area contributed by atoms with E-state index in [1.54, 1.807) is 6.92 Å². The zero-order valence-electron chi connectivity index (χ0n) is 19.0. The van der Waals surface area contributed by atoms with E-state index in [0.717, 1.165) is 18.4 Å². The minimum absolute atomic E-state index is 0.0852. The minimum Gasteiger partial charge on any atom is -0.313 e. The van der Waals surface area contributed by atoms with Crippen molar-refractivity contribution in [1.82, 2.24) is 5.32 Å². The van der Waals surface area contributed by atoms with Crippen molar-refractivity contribution in [2.45, 2.75) is 65.6 Å². The molecule has 2 unspecified atom stereocenters. The first-order chi connectivity index (χ1) is 14.7. The van der Waals surface area contributed by atoms with E-state index >= 15 is 0 Å². The van der Waals surface area contributed by atoms with E-state index in [-0.39, 0.29) is 15.6 Å². The molecule has 172 valence electrons. The summed E-state index contributed by atoms with van der Waals surface area (Å²) in [5.41, 5.74) is 3.78. The third-order valence-electron chi connectivity index (χ3n) is 5.02. The molecule has 1 N–H and O–H groups in total. The molecule has 0 aliphatic heterocycles. The Labute approximate surface area is 194 Å². The highest BCUT2D eigenvalue weighted by Crippen LogP contribution is 2.40. The van der Waals surface area contributed by atoms with Crippen molar-refractivity contribution in [1.29, 1.82) is 0 Å². The van der Waals surface area contributed by atoms with Crippen molar-refractivity contribution >= 4 is 29.3 Å². The van der Waals surface area contributed by atoms with Gasteiger partial charge in [-0.1, -0.05) is 87.3 Å². The Hall–Kier alpha value is -1.49. The molecule has 0 spiro atoms. The van der Waals surface area contributed by atoms with E-state index in [9.17, 15) is 13.2 Å². The number of hydrogen-bond acceptors (Lipinski definition) is 1. The molecule has 6 heteroatoms. The van der Waals surface area contributed by atoms with Crippen LogP contribution in [0.5, 0.6) is 0 Å². The standard InChI is InChI=1S/C21H20Cl2F3N.2C2H6/c1-12-9-15(11-18(22)20(12)23)17(21(24,25)26)7-4-13-3-6-16-14(10-13)5-8-19(16)27-2;2*1-2/h3-4,6-7,9-11,17,19,27H,5,8H2,1-2H3;2*1-2H3/b7-4+;;. The predicted molar refractivity (Wildman–Crippen MR) is 128 cm³/mol. The molecule has 31 heavy (non-hydrogen) atoms. The van der Waals surface area contributed by atoms with Gasteiger partial charge in [0, 0.05) is 6.04 Å². The minimum atomic E-state index is -4.42. The molecular weight excluding hydrogens is 442 g/mol. The van der Waals surface area contributed by atoms with Gasteiger partial charge in [0.2, 0.25) is 0 Å². The van der Waals surface area contributed by atoms with Crippen LogP contribution < -0.4 is 5.32 Å². The molecule has 0 heterocycles. The molecule has 0 radical (unpaired) electrons. The summed E-state index contributed by atoms with van der Waals surface area (Å²) in [5, 5.41) is 3.67. The second-order valence-corrected chi connectivity index (χ2v) is 7.64. The topological polar surface area (TPSA) is 12.0 Å². The number of alkyl halides is 3. The number of hydrogen-bond donors (Lipinski definition) is 1. The van der Waals surface area contributed by atoms with Crippen LogP contribution in [0.25, 0.3) is 6.08 Å². The molecule has 0 saturated heterocycles. The monoisotopic (exact) mass is 473 g/mol. The van der Waals surface area contributed by atoms with Crippen LogP contribution in [0.4, 0.5) is 13.2 Å². The summed E-state index contributed by atoms with van der Waals surface area (Å²) in [7, 11) is 1.92. The van der Waals surface area contributed by atoms with Gasteiger partial charge in [-0.2, -0.15) is 13.2 Å². The van der Waals surface area contributed by atoms with Crippen LogP contribution in [-0.4, -0.2) is 13.2 Å². The van der Waals surface area contributed by atoms with E-state index in [2.05, 4.69) is 5.32 Å². The van der Waals surface area contributed by atoms with Crippen molar-refractivity contribution in [2.75, 3.05) is 7.05 Å². The molecule has 0 saturated carbocycles. The van der Waals surface area contributed by atoms with Gasteiger partial charge in [0.1, 0.15) is 0 Å². The maximum absolute atomic E-state index is 13.7. The Morgan fingerprint density at radius 2 is 1.71 bits per heavy atom. The summed E-state index contributed by atoms with van der Waals surface area (Å²) in [5.74, 6) is -1.75. The number of rotatable bonds is 4. The Bertz CT molecular complexity index is 853. The Morgan fingerprint density at radius 1 is 1.06 bits per heavy atom. The third kappa shape index (κ3) is 7.00. The van der Waals surface area contributed by atoms with Crippen LogP contribution in [0.1, 0.15) is 73.9 Å². The number of halogens is 5. The smallest absolute Gasteiger partial charge is 0.313 e. The number of nitrogens with one attached hydrogen (secondary N) is 1. The summed E-state index contributed by atoms with van der Waals surface area (Å²) >= 11 is 12.0. The lowest BCUT2D eigenvalue weighted by molar-refractivity contribution is -0.139. The Kier molecular flexibility index (Phi) is 11.1. The largest absolute Gasteiger partial charge is 0.399 e. The Balaban J connectivity index is 0.00000113. The first-order valence-electron chi connectivity index (χ1n) is 10.7. The van der Waals surface area contributed by atoms with Gasteiger partial charge < -0.3 is 5.32 Å². The normalized spacial score (nSPS) is 16.2. The molecule has 0 bridgehead atoms. The fourth-order valence-electron chi connectivity index (χ4n) is 3.59.